The van der Waals surface area contributed by atoms with Crippen LogP contribution in [0.2, 0.25) is 0 Å². The van der Waals surface area contributed by atoms with E-state index in [4.69, 9.17) is 0 Å². The molecule has 0 radical (unpaired) electrons. The molecule has 96 valence electrons. The molecule has 1 fully saturated rings. The lowest BCUT2D eigenvalue weighted by Gasteiger charge is -2.34. The van der Waals surface area contributed by atoms with Gasteiger partial charge >= 0.3 is 5.97 Å². The Balaban J connectivity index is 2.62. The van der Waals surface area contributed by atoms with Crippen molar-refractivity contribution in [3.8, 4) is 0 Å². The third-order valence-electron chi connectivity index (χ3n) is 3.20. The maximum atomic E-state index is 12.0. The molecule has 2 amide bonds. The average molecular weight is 242 g/mol. The monoisotopic (exact) mass is 242 g/mol. The van der Waals surface area contributed by atoms with Crippen LogP contribution in [0.1, 0.15) is 26.2 Å². The van der Waals surface area contributed by atoms with E-state index in [0.29, 0.717) is 19.4 Å². The summed E-state index contributed by atoms with van der Waals surface area (Å²) in [7, 11) is 1.26. The second kappa shape index (κ2) is 5.65. The number of rotatable bonds is 4. The van der Waals surface area contributed by atoms with E-state index in [1.54, 1.807) is 0 Å². The van der Waals surface area contributed by atoms with E-state index < -0.39 is 11.4 Å². The van der Waals surface area contributed by atoms with E-state index in [1.165, 1.54) is 7.11 Å². The molecule has 1 aliphatic heterocycles. The lowest BCUT2D eigenvalue weighted by Crippen LogP contribution is -2.50. The summed E-state index contributed by atoms with van der Waals surface area (Å²) in [5, 5.41) is 5.21. The van der Waals surface area contributed by atoms with E-state index >= 15 is 0 Å². The zero-order valence-corrected chi connectivity index (χ0v) is 10.2. The van der Waals surface area contributed by atoms with Gasteiger partial charge in [0.15, 0.2) is 0 Å². The molecule has 0 aromatic heterocycles. The minimum absolute atomic E-state index is 0.119. The SMILES string of the molecule is CCC1(C(=O)NCC(=O)OC)CCNC(=O)C1. The topological polar surface area (TPSA) is 84.5 Å². The number of esters is 1. The molecule has 1 rings (SSSR count). The predicted octanol–water partition coefficient (Wildman–Crippen LogP) is -0.418. The molecule has 1 aliphatic rings. The molecule has 1 saturated heterocycles. The molecule has 1 heterocycles. The normalized spacial score (nSPS) is 23.8. The number of amides is 2. The first-order valence-corrected chi connectivity index (χ1v) is 5.66. The zero-order valence-electron chi connectivity index (χ0n) is 10.2. The lowest BCUT2D eigenvalue weighted by molar-refractivity contribution is -0.144. The Bertz CT molecular complexity index is 329. The quantitative estimate of drug-likeness (QED) is 0.656. The van der Waals surface area contributed by atoms with Crippen LogP contribution in [0.5, 0.6) is 0 Å². The Hall–Kier alpha value is -1.59. The van der Waals surface area contributed by atoms with E-state index in [9.17, 15) is 14.4 Å². The van der Waals surface area contributed by atoms with Crippen LogP contribution in [0.4, 0.5) is 0 Å². The molecular formula is C11H18N2O4. The third-order valence-corrected chi connectivity index (χ3v) is 3.20. The fourth-order valence-electron chi connectivity index (χ4n) is 1.97. The van der Waals surface area contributed by atoms with Gasteiger partial charge in [-0.15, -0.1) is 0 Å². The summed E-state index contributed by atoms with van der Waals surface area (Å²) in [6, 6.07) is 0. The molecule has 0 aromatic rings. The van der Waals surface area contributed by atoms with Gasteiger partial charge in [-0.3, -0.25) is 14.4 Å². The van der Waals surface area contributed by atoms with Crippen LogP contribution in [0.25, 0.3) is 0 Å². The van der Waals surface area contributed by atoms with Crippen molar-refractivity contribution in [2.24, 2.45) is 5.41 Å². The fourth-order valence-corrected chi connectivity index (χ4v) is 1.97. The molecule has 0 spiro atoms. The number of ether oxygens (including phenoxy) is 1. The standard InChI is InChI=1S/C11H18N2O4/c1-3-11(4-5-12-8(14)6-11)10(16)13-7-9(15)17-2/h3-7H2,1-2H3,(H,12,14)(H,13,16). The van der Waals surface area contributed by atoms with Crippen LogP contribution in [0, 0.1) is 5.41 Å². The first-order valence-electron chi connectivity index (χ1n) is 5.66. The highest BCUT2D eigenvalue weighted by molar-refractivity contribution is 5.91. The first kappa shape index (κ1) is 13.5. The Morgan fingerprint density at radius 2 is 2.24 bits per heavy atom. The summed E-state index contributed by atoms with van der Waals surface area (Å²) in [5.41, 5.74) is -0.684. The van der Waals surface area contributed by atoms with Crippen molar-refractivity contribution in [1.29, 1.82) is 0 Å². The number of hydrogen-bond donors (Lipinski definition) is 2. The number of carbonyl (C=O) groups is 3. The summed E-state index contributed by atoms with van der Waals surface area (Å²) < 4.78 is 4.44. The second-order valence-corrected chi connectivity index (χ2v) is 4.17. The number of carbonyl (C=O) groups excluding carboxylic acids is 3. The number of nitrogens with one attached hydrogen (secondary N) is 2. The van der Waals surface area contributed by atoms with Crippen molar-refractivity contribution in [3.05, 3.63) is 0 Å². The van der Waals surface area contributed by atoms with Crippen LogP contribution in [0.15, 0.2) is 0 Å². The Labute approximate surface area is 100 Å². The Morgan fingerprint density at radius 3 is 2.76 bits per heavy atom. The molecule has 0 aromatic carbocycles. The predicted molar refractivity (Wildman–Crippen MR) is 60.0 cm³/mol. The summed E-state index contributed by atoms with van der Waals surface area (Å²) in [6.07, 6.45) is 1.35. The molecule has 6 heteroatoms. The van der Waals surface area contributed by atoms with Crippen LogP contribution in [-0.2, 0) is 19.1 Å². The summed E-state index contributed by atoms with van der Waals surface area (Å²) in [4.78, 5) is 34.3. The molecule has 1 unspecified atom stereocenters. The maximum absolute atomic E-state index is 12.0. The van der Waals surface area contributed by atoms with Gasteiger partial charge in [0.25, 0.3) is 0 Å². The highest BCUT2D eigenvalue weighted by Gasteiger charge is 2.40. The summed E-state index contributed by atoms with van der Waals surface area (Å²) in [6.45, 7) is 2.22. The highest BCUT2D eigenvalue weighted by atomic mass is 16.5. The highest BCUT2D eigenvalue weighted by Crippen LogP contribution is 2.33. The van der Waals surface area contributed by atoms with Crippen molar-refractivity contribution in [2.75, 3.05) is 20.2 Å². The number of piperidine rings is 1. The third kappa shape index (κ3) is 3.18. The lowest BCUT2D eigenvalue weighted by atomic mass is 9.75. The molecule has 0 saturated carbocycles. The van der Waals surface area contributed by atoms with Gasteiger partial charge in [0.2, 0.25) is 11.8 Å². The first-order chi connectivity index (χ1) is 8.04. The van der Waals surface area contributed by atoms with E-state index in [2.05, 4.69) is 15.4 Å². The van der Waals surface area contributed by atoms with Crippen molar-refractivity contribution in [3.63, 3.8) is 0 Å². The number of methoxy groups -OCH3 is 1. The Kier molecular flexibility index (Phi) is 4.48. The van der Waals surface area contributed by atoms with E-state index in [1.807, 2.05) is 6.92 Å². The van der Waals surface area contributed by atoms with Gasteiger partial charge in [0, 0.05) is 13.0 Å². The maximum Gasteiger partial charge on any atom is 0.325 e. The van der Waals surface area contributed by atoms with Gasteiger partial charge in [-0.05, 0) is 12.8 Å². The molecule has 2 N–H and O–H groups in total. The van der Waals surface area contributed by atoms with Gasteiger partial charge in [0.1, 0.15) is 6.54 Å². The molecule has 0 aliphatic carbocycles. The fraction of sp³-hybridized carbons (Fsp3) is 0.727. The molecule has 6 nitrogen and oxygen atoms in total. The van der Waals surface area contributed by atoms with Gasteiger partial charge in [-0.2, -0.15) is 0 Å². The number of hydrogen-bond acceptors (Lipinski definition) is 4. The van der Waals surface area contributed by atoms with Gasteiger partial charge < -0.3 is 15.4 Å². The average Bonchev–Trinajstić information content (AvgIpc) is 2.35. The van der Waals surface area contributed by atoms with Gasteiger partial charge in [-0.25, -0.2) is 0 Å². The minimum atomic E-state index is -0.684. The van der Waals surface area contributed by atoms with Crippen molar-refractivity contribution in [2.45, 2.75) is 26.2 Å². The van der Waals surface area contributed by atoms with Gasteiger partial charge in [0.05, 0.1) is 12.5 Å². The summed E-state index contributed by atoms with van der Waals surface area (Å²) >= 11 is 0. The minimum Gasteiger partial charge on any atom is -0.468 e. The van der Waals surface area contributed by atoms with Crippen LogP contribution < -0.4 is 10.6 Å². The molecular weight excluding hydrogens is 224 g/mol. The molecule has 0 bridgehead atoms. The summed E-state index contributed by atoms with van der Waals surface area (Å²) in [5.74, 6) is -0.864. The van der Waals surface area contributed by atoms with Crippen LogP contribution >= 0.6 is 0 Å². The van der Waals surface area contributed by atoms with Gasteiger partial charge in [-0.1, -0.05) is 6.92 Å². The largest absolute Gasteiger partial charge is 0.468 e. The van der Waals surface area contributed by atoms with Crippen LogP contribution in [-0.4, -0.2) is 38.0 Å². The van der Waals surface area contributed by atoms with Crippen molar-refractivity contribution in [1.82, 2.24) is 10.6 Å². The van der Waals surface area contributed by atoms with Crippen LogP contribution in [0.3, 0.4) is 0 Å². The van der Waals surface area contributed by atoms with E-state index in [-0.39, 0.29) is 24.8 Å². The zero-order chi connectivity index (χ0) is 12.9. The second-order valence-electron chi connectivity index (χ2n) is 4.17. The Morgan fingerprint density at radius 1 is 1.53 bits per heavy atom. The molecule has 17 heavy (non-hydrogen) atoms. The van der Waals surface area contributed by atoms with Crippen molar-refractivity contribution >= 4 is 17.8 Å². The van der Waals surface area contributed by atoms with Crippen molar-refractivity contribution < 1.29 is 19.1 Å². The smallest absolute Gasteiger partial charge is 0.325 e. The molecule has 1 atom stereocenters. The van der Waals surface area contributed by atoms with E-state index in [0.717, 1.165) is 0 Å².